The van der Waals surface area contributed by atoms with Crippen LogP contribution in [0.4, 0.5) is 11.4 Å². The van der Waals surface area contributed by atoms with Gasteiger partial charge in [0, 0.05) is 22.0 Å². The lowest BCUT2D eigenvalue weighted by Crippen LogP contribution is -2.14. The van der Waals surface area contributed by atoms with E-state index in [0.717, 1.165) is 11.3 Å². The highest BCUT2D eigenvalue weighted by Gasteiger charge is 2.07. The van der Waals surface area contributed by atoms with Crippen LogP contribution in [0.1, 0.15) is 15.9 Å². The Balaban J connectivity index is 2.07. The van der Waals surface area contributed by atoms with E-state index in [-0.39, 0.29) is 12.3 Å². The van der Waals surface area contributed by atoms with E-state index in [1.807, 2.05) is 25.1 Å². The summed E-state index contributed by atoms with van der Waals surface area (Å²) in [7, 11) is 0. The molecule has 0 unspecified atom stereocenters. The van der Waals surface area contributed by atoms with E-state index in [1.54, 1.807) is 24.3 Å². The molecule has 2 rings (SSSR count). The number of ketones is 1. The molecule has 0 saturated heterocycles. The van der Waals surface area contributed by atoms with Crippen LogP contribution in [-0.2, 0) is 0 Å². The molecule has 0 aliphatic carbocycles. The lowest BCUT2D eigenvalue weighted by molar-refractivity contribution is 0.101. The number of halogens is 1. The molecule has 0 heterocycles. The molecule has 19 heavy (non-hydrogen) atoms. The summed E-state index contributed by atoms with van der Waals surface area (Å²) in [5.74, 6) is -0.00771. The number of rotatable bonds is 4. The third-order valence-electron chi connectivity index (χ3n) is 2.92. The van der Waals surface area contributed by atoms with E-state index in [2.05, 4.69) is 5.32 Å². The fraction of sp³-hybridized carbons (Fsp3) is 0.133. The fourth-order valence-corrected chi connectivity index (χ4v) is 1.96. The summed E-state index contributed by atoms with van der Waals surface area (Å²) in [5.41, 5.74) is 8.65. The average Bonchev–Trinajstić information content (AvgIpc) is 2.40. The molecule has 3 nitrogen and oxygen atoms in total. The van der Waals surface area contributed by atoms with Gasteiger partial charge in [-0.15, -0.1) is 0 Å². The van der Waals surface area contributed by atoms with E-state index >= 15 is 0 Å². The molecular formula is C15H15ClN2O. The van der Waals surface area contributed by atoms with Crippen molar-refractivity contribution in [1.29, 1.82) is 0 Å². The smallest absolute Gasteiger partial charge is 0.181 e. The van der Waals surface area contributed by atoms with E-state index in [0.29, 0.717) is 16.3 Å². The number of anilines is 2. The van der Waals surface area contributed by atoms with E-state index in [1.165, 1.54) is 0 Å². The summed E-state index contributed by atoms with van der Waals surface area (Å²) >= 11 is 6.03. The third-order valence-corrected chi connectivity index (χ3v) is 3.33. The molecule has 0 bridgehead atoms. The molecule has 2 aromatic rings. The van der Waals surface area contributed by atoms with E-state index < -0.39 is 0 Å². The Hall–Kier alpha value is -2.00. The second kappa shape index (κ2) is 5.76. The highest BCUT2D eigenvalue weighted by atomic mass is 35.5. The monoisotopic (exact) mass is 274 g/mol. The first-order valence-corrected chi connectivity index (χ1v) is 6.33. The van der Waals surface area contributed by atoms with Crippen molar-refractivity contribution < 1.29 is 4.79 Å². The van der Waals surface area contributed by atoms with Crippen molar-refractivity contribution in [3.8, 4) is 0 Å². The Morgan fingerprint density at radius 1 is 1.26 bits per heavy atom. The van der Waals surface area contributed by atoms with Crippen LogP contribution in [0.2, 0.25) is 5.02 Å². The number of carbonyl (C=O) groups excluding carboxylic acids is 1. The van der Waals surface area contributed by atoms with Crippen molar-refractivity contribution >= 4 is 28.8 Å². The molecule has 2 aromatic carbocycles. The Morgan fingerprint density at radius 2 is 2.00 bits per heavy atom. The molecule has 0 aliphatic heterocycles. The minimum absolute atomic E-state index is 0.00771. The number of nitrogen functional groups attached to an aromatic ring is 1. The van der Waals surface area contributed by atoms with Gasteiger partial charge in [0.2, 0.25) is 0 Å². The SMILES string of the molecule is Cc1c(Cl)cccc1NCC(=O)c1cccc(N)c1. The molecule has 0 saturated carbocycles. The normalized spacial score (nSPS) is 10.2. The molecule has 0 aliphatic rings. The quantitative estimate of drug-likeness (QED) is 0.662. The molecule has 0 atom stereocenters. The Bertz CT molecular complexity index is 611. The predicted octanol–water partition coefficient (Wildman–Crippen LogP) is 3.53. The number of nitrogens with one attached hydrogen (secondary N) is 1. The highest BCUT2D eigenvalue weighted by molar-refractivity contribution is 6.31. The van der Waals surface area contributed by atoms with Crippen LogP contribution in [0, 0.1) is 6.92 Å². The van der Waals surface area contributed by atoms with E-state index in [4.69, 9.17) is 17.3 Å². The maximum Gasteiger partial charge on any atom is 0.181 e. The van der Waals surface area contributed by atoms with Crippen molar-refractivity contribution in [2.45, 2.75) is 6.92 Å². The number of Topliss-reactive ketones (excluding diaryl/α,β-unsaturated/α-hetero) is 1. The van der Waals surface area contributed by atoms with Crippen LogP contribution < -0.4 is 11.1 Å². The topological polar surface area (TPSA) is 55.1 Å². The van der Waals surface area contributed by atoms with Gasteiger partial charge in [0.15, 0.2) is 5.78 Å². The van der Waals surface area contributed by atoms with Crippen molar-refractivity contribution in [2.24, 2.45) is 0 Å². The van der Waals surface area contributed by atoms with Gasteiger partial charge in [-0.1, -0.05) is 29.8 Å². The van der Waals surface area contributed by atoms with Crippen LogP contribution >= 0.6 is 11.6 Å². The standard InChI is InChI=1S/C15H15ClN2O/c1-10-13(16)6-3-7-14(10)18-9-15(19)11-4-2-5-12(17)8-11/h2-8,18H,9,17H2,1H3. The second-order valence-electron chi connectivity index (χ2n) is 4.31. The summed E-state index contributed by atoms with van der Waals surface area (Å²) in [4.78, 5) is 12.0. The summed E-state index contributed by atoms with van der Waals surface area (Å²) < 4.78 is 0. The van der Waals surface area contributed by atoms with Crippen LogP contribution in [-0.4, -0.2) is 12.3 Å². The van der Waals surface area contributed by atoms with Gasteiger partial charge in [0.25, 0.3) is 0 Å². The molecule has 0 fully saturated rings. The van der Waals surface area contributed by atoms with Gasteiger partial charge in [-0.05, 0) is 36.8 Å². The number of benzene rings is 2. The molecule has 0 spiro atoms. The van der Waals surface area contributed by atoms with Crippen molar-refractivity contribution in [2.75, 3.05) is 17.6 Å². The number of nitrogens with two attached hydrogens (primary N) is 1. The molecule has 98 valence electrons. The Kier molecular flexibility index (Phi) is 4.07. The van der Waals surface area contributed by atoms with Gasteiger partial charge in [-0.25, -0.2) is 0 Å². The maximum atomic E-state index is 12.0. The van der Waals surface area contributed by atoms with Gasteiger partial charge in [0.1, 0.15) is 0 Å². The summed E-state index contributed by atoms with van der Waals surface area (Å²) in [6.45, 7) is 2.13. The van der Waals surface area contributed by atoms with Crippen molar-refractivity contribution in [3.05, 3.63) is 58.6 Å². The lowest BCUT2D eigenvalue weighted by atomic mass is 10.1. The second-order valence-corrected chi connectivity index (χ2v) is 4.72. The van der Waals surface area contributed by atoms with Gasteiger partial charge in [-0.3, -0.25) is 4.79 Å². The zero-order valence-corrected chi connectivity index (χ0v) is 11.4. The zero-order valence-electron chi connectivity index (χ0n) is 10.6. The minimum Gasteiger partial charge on any atom is -0.399 e. The van der Waals surface area contributed by atoms with Crippen LogP contribution in [0.5, 0.6) is 0 Å². The molecule has 0 radical (unpaired) electrons. The van der Waals surface area contributed by atoms with Gasteiger partial charge in [0.05, 0.1) is 6.54 Å². The summed E-state index contributed by atoms with van der Waals surface area (Å²) in [6.07, 6.45) is 0. The number of carbonyl (C=O) groups is 1. The molecule has 0 amide bonds. The molecule has 3 N–H and O–H groups in total. The molecule has 0 aromatic heterocycles. The molecular weight excluding hydrogens is 260 g/mol. The molecule has 4 heteroatoms. The van der Waals surface area contributed by atoms with Crippen LogP contribution in [0.3, 0.4) is 0 Å². The van der Waals surface area contributed by atoms with Gasteiger partial charge in [-0.2, -0.15) is 0 Å². The van der Waals surface area contributed by atoms with Gasteiger partial charge < -0.3 is 11.1 Å². The Morgan fingerprint density at radius 3 is 2.74 bits per heavy atom. The average molecular weight is 275 g/mol. The fourth-order valence-electron chi connectivity index (χ4n) is 1.79. The largest absolute Gasteiger partial charge is 0.399 e. The minimum atomic E-state index is -0.00771. The van der Waals surface area contributed by atoms with Crippen molar-refractivity contribution in [3.63, 3.8) is 0 Å². The summed E-state index contributed by atoms with van der Waals surface area (Å²) in [6, 6.07) is 12.5. The number of hydrogen-bond donors (Lipinski definition) is 2. The van der Waals surface area contributed by atoms with Crippen molar-refractivity contribution in [1.82, 2.24) is 0 Å². The van der Waals surface area contributed by atoms with Gasteiger partial charge >= 0.3 is 0 Å². The van der Waals surface area contributed by atoms with E-state index in [9.17, 15) is 4.79 Å². The first-order valence-electron chi connectivity index (χ1n) is 5.95. The zero-order chi connectivity index (χ0) is 13.8. The third kappa shape index (κ3) is 3.26. The number of hydrogen-bond acceptors (Lipinski definition) is 3. The maximum absolute atomic E-state index is 12.0. The first kappa shape index (κ1) is 13.4. The summed E-state index contributed by atoms with van der Waals surface area (Å²) in [5, 5.41) is 3.78. The highest BCUT2D eigenvalue weighted by Crippen LogP contribution is 2.22. The lowest BCUT2D eigenvalue weighted by Gasteiger charge is -2.10. The Labute approximate surface area is 117 Å². The van der Waals surface area contributed by atoms with Crippen LogP contribution in [0.25, 0.3) is 0 Å². The van der Waals surface area contributed by atoms with Crippen LogP contribution in [0.15, 0.2) is 42.5 Å². The predicted molar refractivity (Wildman–Crippen MR) is 79.9 cm³/mol. The first-order chi connectivity index (χ1) is 9.08.